The van der Waals surface area contributed by atoms with Gasteiger partial charge in [0.1, 0.15) is 0 Å². The van der Waals surface area contributed by atoms with Gasteiger partial charge in [-0.1, -0.05) is 29.4 Å². The third kappa shape index (κ3) is 4.85. The molecule has 1 aliphatic heterocycles. The molecule has 9 nitrogen and oxygen atoms in total. The maximum atomic E-state index is 12.8. The first-order chi connectivity index (χ1) is 15.1. The Morgan fingerprint density at radius 1 is 1.41 bits per heavy atom. The summed E-state index contributed by atoms with van der Waals surface area (Å²) in [5, 5.41) is 22.4. The first-order valence-electron chi connectivity index (χ1n) is 9.11. The van der Waals surface area contributed by atoms with Crippen LogP contribution in [0.25, 0.3) is 6.08 Å². The van der Waals surface area contributed by atoms with Gasteiger partial charge in [0.25, 0.3) is 11.8 Å². The van der Waals surface area contributed by atoms with E-state index in [0.29, 0.717) is 0 Å². The van der Waals surface area contributed by atoms with E-state index in [1.165, 1.54) is 18.2 Å². The third-order valence-corrected chi connectivity index (χ3v) is 5.86. The lowest BCUT2D eigenvalue weighted by atomic mass is 10.1. The van der Waals surface area contributed by atoms with Crippen molar-refractivity contribution in [2.45, 2.75) is 13.8 Å². The van der Waals surface area contributed by atoms with Crippen LogP contribution in [0, 0.1) is 17.0 Å². The molecule has 12 heteroatoms. The molecule has 0 atom stereocenters. The Labute approximate surface area is 197 Å². The van der Waals surface area contributed by atoms with Gasteiger partial charge in [-0.2, -0.15) is 5.01 Å². The molecule has 0 aromatic heterocycles. The summed E-state index contributed by atoms with van der Waals surface area (Å²) in [5.74, 6) is -1.94. The van der Waals surface area contributed by atoms with Crippen molar-refractivity contribution in [2.75, 3.05) is 6.61 Å². The number of amides is 2. The van der Waals surface area contributed by atoms with Crippen molar-refractivity contribution in [3.63, 3.8) is 0 Å². The van der Waals surface area contributed by atoms with E-state index in [0.717, 1.165) is 28.4 Å². The van der Waals surface area contributed by atoms with Gasteiger partial charge in [0.15, 0.2) is 10.1 Å². The van der Waals surface area contributed by atoms with Gasteiger partial charge in [0, 0.05) is 6.07 Å². The number of thioether (sulfide) groups is 1. The van der Waals surface area contributed by atoms with Crippen molar-refractivity contribution in [1.29, 1.82) is 0 Å². The molecule has 0 bridgehead atoms. The van der Waals surface area contributed by atoms with Gasteiger partial charge in [0.05, 0.1) is 27.0 Å². The third-order valence-electron chi connectivity index (χ3n) is 4.25. The SMILES string of the molecule is CCOc1cc(/C=C2/SC(=S)N(NC(=O)c3ccc(C)cc3Cl)C2=O)cc([N+](=O)[O-])c1O. The average Bonchev–Trinajstić information content (AvgIpc) is 2.97. The minimum atomic E-state index is -0.758. The summed E-state index contributed by atoms with van der Waals surface area (Å²) in [5.41, 5.74) is 3.14. The highest BCUT2D eigenvalue weighted by molar-refractivity contribution is 8.26. The number of aryl methyl sites for hydroxylation is 1. The van der Waals surface area contributed by atoms with Gasteiger partial charge in [-0.15, -0.1) is 0 Å². The van der Waals surface area contributed by atoms with Gasteiger partial charge >= 0.3 is 5.69 Å². The summed E-state index contributed by atoms with van der Waals surface area (Å²) in [7, 11) is 0. The fourth-order valence-electron chi connectivity index (χ4n) is 2.78. The number of hydrogen-bond donors (Lipinski definition) is 2. The number of hydrazine groups is 1. The molecular formula is C20H16ClN3O6S2. The van der Waals surface area contributed by atoms with E-state index in [-0.39, 0.29) is 37.7 Å². The van der Waals surface area contributed by atoms with E-state index < -0.39 is 28.2 Å². The van der Waals surface area contributed by atoms with Crippen LogP contribution in [-0.2, 0) is 4.79 Å². The van der Waals surface area contributed by atoms with Crippen LogP contribution in [0.4, 0.5) is 5.69 Å². The van der Waals surface area contributed by atoms with Crippen LogP contribution in [-0.4, -0.2) is 37.8 Å². The zero-order valence-electron chi connectivity index (χ0n) is 16.7. The zero-order valence-corrected chi connectivity index (χ0v) is 19.1. The van der Waals surface area contributed by atoms with Crippen LogP contribution in [0.1, 0.15) is 28.4 Å². The van der Waals surface area contributed by atoms with E-state index in [9.17, 15) is 24.8 Å². The monoisotopic (exact) mass is 493 g/mol. The number of carbonyl (C=O) groups is 2. The lowest BCUT2D eigenvalue weighted by Crippen LogP contribution is -2.44. The standard InChI is InChI=1S/C20H16ClN3O6S2/c1-3-30-15-8-11(7-14(17(15)25)24(28)29)9-16-19(27)23(20(31)32-16)22-18(26)12-5-4-10(2)6-13(12)21/h4-9,25H,3H2,1-2H3,(H,22,26)/b16-9+. The second-order valence-electron chi connectivity index (χ2n) is 6.52. The molecule has 0 radical (unpaired) electrons. The summed E-state index contributed by atoms with van der Waals surface area (Å²) >= 11 is 12.2. The number of carbonyl (C=O) groups excluding carboxylic acids is 2. The van der Waals surface area contributed by atoms with Crippen molar-refractivity contribution < 1.29 is 24.4 Å². The number of phenols is 1. The molecule has 1 heterocycles. The number of nitrogens with one attached hydrogen (secondary N) is 1. The Morgan fingerprint density at radius 3 is 2.75 bits per heavy atom. The number of benzene rings is 2. The molecule has 2 amide bonds. The van der Waals surface area contributed by atoms with E-state index in [4.69, 9.17) is 28.6 Å². The maximum absolute atomic E-state index is 12.8. The molecule has 32 heavy (non-hydrogen) atoms. The largest absolute Gasteiger partial charge is 0.500 e. The van der Waals surface area contributed by atoms with Crippen molar-refractivity contribution in [2.24, 2.45) is 0 Å². The fourth-order valence-corrected chi connectivity index (χ4v) is 4.28. The molecule has 2 aromatic rings. The number of nitro groups is 1. The molecule has 1 fully saturated rings. The number of rotatable bonds is 6. The van der Waals surface area contributed by atoms with Crippen LogP contribution in [0.15, 0.2) is 35.2 Å². The first-order valence-corrected chi connectivity index (χ1v) is 10.7. The highest BCUT2D eigenvalue weighted by atomic mass is 35.5. The number of nitro benzene ring substituents is 1. The second-order valence-corrected chi connectivity index (χ2v) is 8.60. The van der Waals surface area contributed by atoms with Crippen molar-refractivity contribution in [3.8, 4) is 11.5 Å². The lowest BCUT2D eigenvalue weighted by molar-refractivity contribution is -0.386. The van der Waals surface area contributed by atoms with Crippen molar-refractivity contribution in [1.82, 2.24) is 10.4 Å². The van der Waals surface area contributed by atoms with Gasteiger partial charge < -0.3 is 9.84 Å². The first kappa shape index (κ1) is 23.5. The van der Waals surface area contributed by atoms with Gasteiger partial charge in [0.2, 0.25) is 5.75 Å². The summed E-state index contributed by atoms with van der Waals surface area (Å²) < 4.78 is 5.31. The van der Waals surface area contributed by atoms with Gasteiger partial charge in [-0.3, -0.25) is 25.1 Å². The maximum Gasteiger partial charge on any atom is 0.315 e. The molecular weight excluding hydrogens is 478 g/mol. The molecule has 0 aliphatic carbocycles. The van der Waals surface area contributed by atoms with E-state index in [1.807, 2.05) is 6.92 Å². The Balaban J connectivity index is 1.88. The zero-order chi connectivity index (χ0) is 23.6. The highest BCUT2D eigenvalue weighted by Crippen LogP contribution is 2.39. The Morgan fingerprint density at radius 2 is 2.12 bits per heavy atom. The predicted molar refractivity (Wildman–Crippen MR) is 125 cm³/mol. The summed E-state index contributed by atoms with van der Waals surface area (Å²) in [6.07, 6.45) is 1.36. The normalized spacial score (nSPS) is 14.7. The van der Waals surface area contributed by atoms with Crippen molar-refractivity contribution >= 4 is 63.5 Å². The predicted octanol–water partition coefficient (Wildman–Crippen LogP) is 4.21. The highest BCUT2D eigenvalue weighted by Gasteiger charge is 2.34. The van der Waals surface area contributed by atoms with E-state index in [1.54, 1.807) is 19.1 Å². The quantitative estimate of drug-likeness (QED) is 0.265. The number of aromatic hydroxyl groups is 1. The Bertz CT molecular complexity index is 1180. The smallest absolute Gasteiger partial charge is 0.315 e. The molecule has 166 valence electrons. The average molecular weight is 494 g/mol. The molecule has 0 unspecified atom stereocenters. The van der Waals surface area contributed by atoms with Crippen LogP contribution in [0.3, 0.4) is 0 Å². The number of phenolic OH excluding ortho intramolecular Hbond substituents is 1. The Kier molecular flexibility index (Phi) is 7.02. The minimum Gasteiger partial charge on any atom is -0.500 e. The van der Waals surface area contributed by atoms with E-state index in [2.05, 4.69) is 5.43 Å². The fraction of sp³-hybridized carbons (Fsp3) is 0.150. The molecule has 2 aromatic carbocycles. The van der Waals surface area contributed by atoms with Crippen LogP contribution in [0.5, 0.6) is 11.5 Å². The van der Waals surface area contributed by atoms with Crippen LogP contribution in [0.2, 0.25) is 5.02 Å². The van der Waals surface area contributed by atoms with Gasteiger partial charge in [-0.05, 0) is 61.5 Å². The van der Waals surface area contributed by atoms with E-state index >= 15 is 0 Å². The summed E-state index contributed by atoms with van der Waals surface area (Å²) in [6, 6.07) is 7.33. The lowest BCUT2D eigenvalue weighted by Gasteiger charge is -2.16. The number of thiocarbonyl (C=S) groups is 1. The number of halogens is 1. The summed E-state index contributed by atoms with van der Waals surface area (Å²) in [4.78, 5) is 36.0. The Hall–Kier alpha value is -3.15. The van der Waals surface area contributed by atoms with Crippen LogP contribution < -0.4 is 10.2 Å². The molecule has 1 saturated heterocycles. The number of ether oxygens (including phenoxy) is 1. The molecule has 3 rings (SSSR count). The number of hydrogen-bond acceptors (Lipinski definition) is 8. The molecule has 0 saturated carbocycles. The number of nitrogens with zero attached hydrogens (tertiary/aromatic N) is 2. The second kappa shape index (κ2) is 9.55. The van der Waals surface area contributed by atoms with Gasteiger partial charge in [-0.25, -0.2) is 0 Å². The van der Waals surface area contributed by atoms with Crippen LogP contribution >= 0.6 is 35.6 Å². The minimum absolute atomic E-state index is 0.0659. The molecule has 1 aliphatic rings. The van der Waals surface area contributed by atoms with Crippen molar-refractivity contribution in [3.05, 3.63) is 67.1 Å². The molecule has 0 spiro atoms. The molecule has 2 N–H and O–H groups in total. The summed E-state index contributed by atoms with van der Waals surface area (Å²) in [6.45, 7) is 3.65. The topological polar surface area (TPSA) is 122 Å².